The molecule has 1 fully saturated rings. The minimum Gasteiger partial charge on any atom is -0.481 e. The van der Waals surface area contributed by atoms with Gasteiger partial charge in [0.2, 0.25) is 5.88 Å². The highest BCUT2D eigenvalue weighted by atomic mass is 16.5. The highest BCUT2D eigenvalue weighted by Gasteiger charge is 2.22. The molecule has 2 rings (SSSR count). The highest BCUT2D eigenvalue weighted by Crippen LogP contribution is 2.12. The van der Waals surface area contributed by atoms with Crippen molar-refractivity contribution in [1.82, 2.24) is 9.88 Å². The van der Waals surface area contributed by atoms with Crippen LogP contribution in [-0.4, -0.2) is 60.4 Å². The molecule has 1 aliphatic rings. The van der Waals surface area contributed by atoms with Gasteiger partial charge in [-0.3, -0.25) is 4.79 Å². The molecule has 2 heterocycles. The lowest BCUT2D eigenvalue weighted by molar-refractivity contribution is 0.0534. The Bertz CT molecular complexity index is 424. The van der Waals surface area contributed by atoms with E-state index in [9.17, 15) is 9.90 Å². The van der Waals surface area contributed by atoms with E-state index in [2.05, 4.69) is 4.98 Å². The third-order valence-corrected chi connectivity index (χ3v) is 2.73. The number of methoxy groups -OCH3 is 1. The summed E-state index contributed by atoms with van der Waals surface area (Å²) < 4.78 is 10.2. The molecule has 0 radical (unpaired) electrons. The minimum absolute atomic E-state index is 0.153. The highest BCUT2D eigenvalue weighted by molar-refractivity contribution is 5.94. The van der Waals surface area contributed by atoms with E-state index in [1.54, 1.807) is 17.0 Å². The maximum Gasteiger partial charge on any atom is 0.254 e. The van der Waals surface area contributed by atoms with Gasteiger partial charge in [-0.25, -0.2) is 4.98 Å². The molecule has 0 spiro atoms. The maximum atomic E-state index is 12.2. The molecule has 6 nitrogen and oxygen atoms in total. The van der Waals surface area contributed by atoms with Crippen molar-refractivity contribution in [3.63, 3.8) is 0 Å². The molecule has 1 saturated heterocycles. The van der Waals surface area contributed by atoms with Crippen LogP contribution in [0.3, 0.4) is 0 Å². The molecule has 1 unspecified atom stereocenters. The van der Waals surface area contributed by atoms with Crippen LogP contribution in [0.5, 0.6) is 5.88 Å². The smallest absolute Gasteiger partial charge is 0.254 e. The topological polar surface area (TPSA) is 71.9 Å². The van der Waals surface area contributed by atoms with E-state index in [1.807, 2.05) is 0 Å². The number of carbonyl (C=O) groups excluding carboxylic acids is 1. The average Bonchev–Trinajstić information content (AvgIpc) is 2.62. The van der Waals surface area contributed by atoms with Gasteiger partial charge in [0.05, 0.1) is 26.4 Å². The lowest BCUT2D eigenvalue weighted by Gasteiger charge is -2.21. The zero-order valence-corrected chi connectivity index (χ0v) is 10.2. The van der Waals surface area contributed by atoms with Gasteiger partial charge < -0.3 is 19.5 Å². The summed E-state index contributed by atoms with van der Waals surface area (Å²) >= 11 is 0. The van der Waals surface area contributed by atoms with E-state index in [1.165, 1.54) is 13.3 Å². The number of carbonyl (C=O) groups is 1. The Labute approximate surface area is 105 Å². The molecule has 0 saturated carbocycles. The molecule has 0 aromatic carbocycles. The van der Waals surface area contributed by atoms with Crippen LogP contribution in [0.25, 0.3) is 0 Å². The third kappa shape index (κ3) is 2.96. The van der Waals surface area contributed by atoms with Crippen LogP contribution < -0.4 is 4.74 Å². The van der Waals surface area contributed by atoms with Gasteiger partial charge in [-0.2, -0.15) is 0 Å². The number of aromatic nitrogens is 1. The number of β-amino-alcohol motifs (C(OH)–C–C–N with tert-alkyl or cyclic N) is 1. The van der Waals surface area contributed by atoms with E-state index in [0.29, 0.717) is 24.6 Å². The quantitative estimate of drug-likeness (QED) is 0.797. The van der Waals surface area contributed by atoms with Crippen LogP contribution in [0.15, 0.2) is 18.3 Å². The first-order valence-corrected chi connectivity index (χ1v) is 5.76. The molecular formula is C12H16N2O4. The molecule has 0 aliphatic carbocycles. The molecule has 98 valence electrons. The Morgan fingerprint density at radius 3 is 3.28 bits per heavy atom. The summed E-state index contributed by atoms with van der Waals surface area (Å²) in [5.74, 6) is 0.243. The Hall–Kier alpha value is -1.66. The first kappa shape index (κ1) is 12.8. The van der Waals surface area contributed by atoms with Crippen molar-refractivity contribution in [2.75, 3.05) is 33.4 Å². The monoisotopic (exact) mass is 252 g/mol. The van der Waals surface area contributed by atoms with Crippen molar-refractivity contribution in [3.8, 4) is 5.88 Å². The molecule has 1 atom stereocenters. The predicted molar refractivity (Wildman–Crippen MR) is 63.5 cm³/mol. The molecular weight excluding hydrogens is 236 g/mol. The van der Waals surface area contributed by atoms with Crippen LogP contribution in [0.2, 0.25) is 0 Å². The van der Waals surface area contributed by atoms with Crippen LogP contribution >= 0.6 is 0 Å². The molecule has 1 N–H and O–H groups in total. The average molecular weight is 252 g/mol. The van der Waals surface area contributed by atoms with Crippen molar-refractivity contribution < 1.29 is 19.4 Å². The first-order valence-electron chi connectivity index (χ1n) is 5.76. The Kier molecular flexibility index (Phi) is 4.11. The van der Waals surface area contributed by atoms with Crippen LogP contribution in [0.1, 0.15) is 10.4 Å². The van der Waals surface area contributed by atoms with E-state index >= 15 is 0 Å². The van der Waals surface area contributed by atoms with Crippen molar-refractivity contribution in [1.29, 1.82) is 0 Å². The number of amides is 1. The number of rotatable bonds is 2. The Balaban J connectivity index is 2.13. The SMILES string of the molecule is COc1cc(C(=O)N2CCOCC(O)C2)ccn1. The van der Waals surface area contributed by atoms with Gasteiger partial charge in [0, 0.05) is 30.9 Å². The zero-order valence-electron chi connectivity index (χ0n) is 10.2. The Morgan fingerprint density at radius 2 is 2.50 bits per heavy atom. The molecule has 1 aromatic heterocycles. The van der Waals surface area contributed by atoms with E-state index in [4.69, 9.17) is 9.47 Å². The number of hydrogen-bond acceptors (Lipinski definition) is 5. The molecule has 0 bridgehead atoms. The standard InChI is InChI=1S/C12H16N2O4/c1-17-11-6-9(2-3-13-11)12(16)14-4-5-18-8-10(15)7-14/h2-3,6,10,15H,4-5,7-8H2,1H3. The number of pyridine rings is 1. The van der Waals surface area contributed by atoms with E-state index < -0.39 is 6.10 Å². The van der Waals surface area contributed by atoms with Gasteiger partial charge in [-0.15, -0.1) is 0 Å². The Morgan fingerprint density at radius 1 is 1.67 bits per heavy atom. The lowest BCUT2D eigenvalue weighted by Crippen LogP contribution is -2.37. The fourth-order valence-electron chi connectivity index (χ4n) is 1.81. The molecule has 1 amide bonds. The van der Waals surface area contributed by atoms with Crippen LogP contribution in [0.4, 0.5) is 0 Å². The van der Waals surface area contributed by atoms with Crippen molar-refractivity contribution in [2.45, 2.75) is 6.10 Å². The number of hydrogen-bond donors (Lipinski definition) is 1. The van der Waals surface area contributed by atoms with Gasteiger partial charge in [0.15, 0.2) is 0 Å². The number of aliphatic hydroxyl groups is 1. The summed E-state index contributed by atoms with van der Waals surface area (Å²) in [6.07, 6.45) is 0.886. The van der Waals surface area contributed by atoms with Crippen molar-refractivity contribution in [2.24, 2.45) is 0 Å². The van der Waals surface area contributed by atoms with E-state index in [0.717, 1.165) is 0 Å². The fraction of sp³-hybridized carbons (Fsp3) is 0.500. The third-order valence-electron chi connectivity index (χ3n) is 2.73. The van der Waals surface area contributed by atoms with Gasteiger partial charge >= 0.3 is 0 Å². The largest absolute Gasteiger partial charge is 0.481 e. The summed E-state index contributed by atoms with van der Waals surface area (Å²) in [4.78, 5) is 17.8. The number of aliphatic hydroxyl groups excluding tert-OH is 1. The van der Waals surface area contributed by atoms with Gasteiger partial charge in [-0.1, -0.05) is 0 Å². The van der Waals surface area contributed by atoms with Crippen molar-refractivity contribution in [3.05, 3.63) is 23.9 Å². The van der Waals surface area contributed by atoms with Gasteiger partial charge in [0.1, 0.15) is 0 Å². The predicted octanol–water partition coefficient (Wildman–Crippen LogP) is -0.0765. The maximum absolute atomic E-state index is 12.2. The number of ether oxygens (including phenoxy) is 2. The van der Waals surface area contributed by atoms with Crippen molar-refractivity contribution >= 4 is 5.91 Å². The second-order valence-corrected chi connectivity index (χ2v) is 4.07. The molecule has 1 aromatic rings. The second kappa shape index (κ2) is 5.79. The summed E-state index contributed by atoms with van der Waals surface area (Å²) in [5.41, 5.74) is 0.496. The van der Waals surface area contributed by atoms with Crippen LogP contribution in [0, 0.1) is 0 Å². The molecule has 18 heavy (non-hydrogen) atoms. The van der Waals surface area contributed by atoms with E-state index in [-0.39, 0.29) is 19.1 Å². The fourth-order valence-corrected chi connectivity index (χ4v) is 1.81. The van der Waals surface area contributed by atoms with Crippen LogP contribution in [-0.2, 0) is 4.74 Å². The second-order valence-electron chi connectivity index (χ2n) is 4.07. The zero-order chi connectivity index (χ0) is 13.0. The van der Waals surface area contributed by atoms with Gasteiger partial charge in [0.25, 0.3) is 5.91 Å². The minimum atomic E-state index is -0.639. The molecule has 6 heteroatoms. The first-order chi connectivity index (χ1) is 8.70. The summed E-state index contributed by atoms with van der Waals surface area (Å²) in [6, 6.07) is 3.21. The van der Waals surface area contributed by atoms with Gasteiger partial charge in [-0.05, 0) is 6.07 Å². The normalized spacial score (nSPS) is 20.3. The molecule has 1 aliphatic heterocycles. The lowest BCUT2D eigenvalue weighted by atomic mass is 10.2. The summed E-state index contributed by atoms with van der Waals surface area (Å²) in [6.45, 7) is 1.46. The summed E-state index contributed by atoms with van der Waals surface area (Å²) in [7, 11) is 1.50. The number of nitrogens with zero attached hydrogens (tertiary/aromatic N) is 2. The summed E-state index contributed by atoms with van der Waals surface area (Å²) in [5, 5.41) is 9.60.